The van der Waals surface area contributed by atoms with E-state index in [1.54, 1.807) is 36.4 Å². The summed E-state index contributed by atoms with van der Waals surface area (Å²) in [6.45, 7) is 0.347. The average Bonchev–Trinajstić information content (AvgIpc) is 2.67. The zero-order valence-electron chi connectivity index (χ0n) is 14.1. The number of nitriles is 1. The first-order valence-corrected chi connectivity index (χ1v) is 8.85. The Labute approximate surface area is 167 Å². The van der Waals surface area contributed by atoms with E-state index in [1.807, 2.05) is 24.3 Å². The molecule has 0 unspecified atom stereocenters. The van der Waals surface area contributed by atoms with E-state index in [0.717, 1.165) is 11.1 Å². The minimum atomic E-state index is -0.274. The van der Waals surface area contributed by atoms with Gasteiger partial charge in [-0.1, -0.05) is 53.5 Å². The van der Waals surface area contributed by atoms with Crippen molar-refractivity contribution in [1.29, 1.82) is 5.26 Å². The van der Waals surface area contributed by atoms with Crippen molar-refractivity contribution in [2.24, 2.45) is 0 Å². The van der Waals surface area contributed by atoms with Crippen LogP contribution in [-0.4, -0.2) is 0 Å². The van der Waals surface area contributed by atoms with Gasteiger partial charge in [0.25, 0.3) is 0 Å². The number of allylic oxidation sites excluding steroid dienone is 1. The maximum absolute atomic E-state index is 12.9. The van der Waals surface area contributed by atoms with Crippen LogP contribution in [0.3, 0.4) is 0 Å². The first kappa shape index (κ1) is 19.0. The Bertz CT molecular complexity index is 1010. The van der Waals surface area contributed by atoms with Gasteiger partial charge < -0.3 is 4.74 Å². The summed E-state index contributed by atoms with van der Waals surface area (Å²) in [6, 6.07) is 20.7. The number of hydrogen-bond donors (Lipinski definition) is 0. The molecule has 3 rings (SSSR count). The third-order valence-corrected chi connectivity index (χ3v) is 4.40. The van der Waals surface area contributed by atoms with Crippen molar-refractivity contribution in [3.8, 4) is 11.8 Å². The molecule has 3 aromatic rings. The topological polar surface area (TPSA) is 33.0 Å². The van der Waals surface area contributed by atoms with Crippen LogP contribution in [0.15, 0.2) is 66.7 Å². The maximum atomic E-state index is 12.9. The molecule has 0 N–H and O–H groups in total. The molecule has 0 spiro atoms. The summed E-state index contributed by atoms with van der Waals surface area (Å²) >= 11 is 12.1. The van der Waals surface area contributed by atoms with Gasteiger partial charge in [0, 0.05) is 10.6 Å². The van der Waals surface area contributed by atoms with Crippen molar-refractivity contribution in [3.63, 3.8) is 0 Å². The fourth-order valence-corrected chi connectivity index (χ4v) is 2.96. The molecule has 0 heterocycles. The average molecular weight is 398 g/mol. The van der Waals surface area contributed by atoms with Gasteiger partial charge in [0.05, 0.1) is 16.7 Å². The molecule has 0 saturated heterocycles. The molecule has 0 aliphatic heterocycles. The predicted molar refractivity (Wildman–Crippen MR) is 107 cm³/mol. The second-order valence-electron chi connectivity index (χ2n) is 5.78. The first-order chi connectivity index (χ1) is 13.0. The lowest BCUT2D eigenvalue weighted by atomic mass is 10.0. The van der Waals surface area contributed by atoms with E-state index in [1.165, 1.54) is 12.1 Å². The SMILES string of the molecule is N#C/C(=C\c1ccc(OCc2ccc(F)cc2)cc1)c1ccc(Cl)cc1Cl. The lowest BCUT2D eigenvalue weighted by Gasteiger charge is -2.07. The van der Waals surface area contributed by atoms with Crippen LogP contribution < -0.4 is 4.74 Å². The molecule has 0 bridgehead atoms. The van der Waals surface area contributed by atoms with E-state index in [4.69, 9.17) is 27.9 Å². The second-order valence-corrected chi connectivity index (χ2v) is 6.62. The zero-order chi connectivity index (χ0) is 19.2. The van der Waals surface area contributed by atoms with Crippen molar-refractivity contribution in [3.05, 3.63) is 99.3 Å². The number of ether oxygens (including phenoxy) is 1. The molecule has 134 valence electrons. The fraction of sp³-hybridized carbons (Fsp3) is 0.0455. The van der Waals surface area contributed by atoms with Gasteiger partial charge in [0.2, 0.25) is 0 Å². The lowest BCUT2D eigenvalue weighted by Crippen LogP contribution is -1.95. The van der Waals surface area contributed by atoms with Crippen LogP contribution in [0.1, 0.15) is 16.7 Å². The lowest BCUT2D eigenvalue weighted by molar-refractivity contribution is 0.306. The molecule has 0 amide bonds. The Balaban J connectivity index is 1.73. The van der Waals surface area contributed by atoms with Crippen molar-refractivity contribution >= 4 is 34.9 Å². The van der Waals surface area contributed by atoms with Gasteiger partial charge in [-0.15, -0.1) is 0 Å². The van der Waals surface area contributed by atoms with Gasteiger partial charge in [-0.3, -0.25) is 0 Å². The van der Waals surface area contributed by atoms with Crippen molar-refractivity contribution in [2.45, 2.75) is 6.61 Å². The van der Waals surface area contributed by atoms with Crippen LogP contribution >= 0.6 is 23.2 Å². The quantitative estimate of drug-likeness (QED) is 0.351. The number of halogens is 3. The van der Waals surface area contributed by atoms with E-state index >= 15 is 0 Å². The molecule has 27 heavy (non-hydrogen) atoms. The Morgan fingerprint density at radius 3 is 2.33 bits per heavy atom. The monoisotopic (exact) mass is 397 g/mol. The molecule has 0 atom stereocenters. The molecule has 0 aliphatic carbocycles. The van der Waals surface area contributed by atoms with E-state index in [-0.39, 0.29) is 5.82 Å². The molecular formula is C22H14Cl2FNO. The van der Waals surface area contributed by atoms with E-state index in [2.05, 4.69) is 6.07 Å². The van der Waals surface area contributed by atoms with Gasteiger partial charge in [-0.05, 0) is 53.6 Å². The van der Waals surface area contributed by atoms with Crippen molar-refractivity contribution < 1.29 is 9.13 Å². The zero-order valence-corrected chi connectivity index (χ0v) is 15.6. The van der Waals surface area contributed by atoms with Gasteiger partial charge in [-0.25, -0.2) is 4.39 Å². The molecular weight excluding hydrogens is 384 g/mol. The Morgan fingerprint density at radius 2 is 1.70 bits per heavy atom. The number of nitrogens with zero attached hydrogens (tertiary/aromatic N) is 1. The summed E-state index contributed by atoms with van der Waals surface area (Å²) in [7, 11) is 0. The smallest absolute Gasteiger partial charge is 0.123 e. The van der Waals surface area contributed by atoms with Gasteiger partial charge in [0.1, 0.15) is 18.2 Å². The predicted octanol–water partition coefficient (Wildman–Crippen LogP) is 6.78. The first-order valence-electron chi connectivity index (χ1n) is 8.10. The molecule has 0 aliphatic rings. The van der Waals surface area contributed by atoms with E-state index in [0.29, 0.717) is 33.5 Å². The summed E-state index contributed by atoms with van der Waals surface area (Å²) < 4.78 is 18.6. The minimum Gasteiger partial charge on any atom is -0.489 e. The van der Waals surface area contributed by atoms with Crippen LogP contribution in [-0.2, 0) is 6.61 Å². The van der Waals surface area contributed by atoms with E-state index < -0.39 is 0 Å². The summed E-state index contributed by atoms with van der Waals surface area (Å²) in [5.41, 5.74) is 2.79. The van der Waals surface area contributed by atoms with Crippen LogP contribution in [0.4, 0.5) is 4.39 Å². The number of rotatable bonds is 5. The standard InChI is InChI=1S/C22H14Cl2FNO/c23-18-5-10-21(22(24)12-18)17(13-26)11-15-3-8-20(9-4-15)27-14-16-1-6-19(25)7-2-16/h1-12H,14H2/b17-11+. The van der Waals surface area contributed by atoms with Crippen molar-refractivity contribution in [2.75, 3.05) is 0 Å². The summed E-state index contributed by atoms with van der Waals surface area (Å²) in [5, 5.41) is 10.4. The fourth-order valence-electron chi connectivity index (χ4n) is 2.45. The van der Waals surface area contributed by atoms with Crippen LogP contribution in [0, 0.1) is 17.1 Å². The molecule has 5 heteroatoms. The van der Waals surface area contributed by atoms with Crippen LogP contribution in [0.5, 0.6) is 5.75 Å². The summed E-state index contributed by atoms with van der Waals surface area (Å²) in [4.78, 5) is 0. The maximum Gasteiger partial charge on any atom is 0.123 e. The van der Waals surface area contributed by atoms with Crippen LogP contribution in [0.25, 0.3) is 11.6 Å². The summed E-state index contributed by atoms with van der Waals surface area (Å²) in [6.07, 6.45) is 1.75. The minimum absolute atomic E-state index is 0.274. The normalized spacial score (nSPS) is 11.1. The van der Waals surface area contributed by atoms with E-state index in [9.17, 15) is 9.65 Å². The molecule has 0 aromatic heterocycles. The highest BCUT2D eigenvalue weighted by molar-refractivity contribution is 6.36. The highest BCUT2D eigenvalue weighted by Crippen LogP contribution is 2.28. The molecule has 0 fully saturated rings. The largest absolute Gasteiger partial charge is 0.489 e. The van der Waals surface area contributed by atoms with Gasteiger partial charge >= 0.3 is 0 Å². The second kappa shape index (κ2) is 8.73. The Kier molecular flexibility index (Phi) is 6.13. The third-order valence-electron chi connectivity index (χ3n) is 3.85. The Hall–Kier alpha value is -2.80. The molecule has 3 aromatic carbocycles. The highest BCUT2D eigenvalue weighted by Gasteiger charge is 2.07. The van der Waals surface area contributed by atoms with Gasteiger partial charge in [-0.2, -0.15) is 5.26 Å². The van der Waals surface area contributed by atoms with Crippen LogP contribution in [0.2, 0.25) is 10.0 Å². The summed E-state index contributed by atoms with van der Waals surface area (Å²) in [5.74, 6) is 0.406. The van der Waals surface area contributed by atoms with Crippen molar-refractivity contribution in [1.82, 2.24) is 0 Å². The van der Waals surface area contributed by atoms with Gasteiger partial charge in [0.15, 0.2) is 0 Å². The third kappa shape index (κ3) is 5.10. The highest BCUT2D eigenvalue weighted by atomic mass is 35.5. The molecule has 2 nitrogen and oxygen atoms in total. The number of hydrogen-bond acceptors (Lipinski definition) is 2. The molecule has 0 radical (unpaired) electrons. The number of benzene rings is 3. The Morgan fingerprint density at radius 1 is 1.00 bits per heavy atom. The molecule has 0 saturated carbocycles.